The zero-order chi connectivity index (χ0) is 31.7. The molecule has 0 fully saturated rings. The molecule has 0 aliphatic heterocycles. The molecule has 0 saturated heterocycles. The van der Waals surface area contributed by atoms with Gasteiger partial charge in [-0.2, -0.15) is 5.10 Å². The number of fused-ring (bicyclic) bond motifs is 2. The third-order valence-corrected chi connectivity index (χ3v) is 8.56. The van der Waals surface area contributed by atoms with Crippen LogP contribution in [0.3, 0.4) is 0 Å². The highest BCUT2D eigenvalue weighted by Crippen LogP contribution is 2.42. The predicted octanol–water partition coefficient (Wildman–Crippen LogP) is 8.06. The molecule has 0 spiro atoms. The SMILES string of the molecule is CCc1c(-c2c(Cl)ccc3c(CCCOc4cccc5cc(F)ccc45)c(C(=O)O)[nH]c23)c(C(O)Cc2ccccc2)nn1C. The van der Waals surface area contributed by atoms with Crippen molar-refractivity contribution < 1.29 is 24.1 Å². The largest absolute Gasteiger partial charge is 0.493 e. The van der Waals surface area contributed by atoms with Crippen LogP contribution in [0.1, 0.15) is 52.5 Å². The van der Waals surface area contributed by atoms with Crippen molar-refractivity contribution in [2.45, 2.75) is 38.7 Å². The minimum absolute atomic E-state index is 0.0856. The Kier molecular flexibility index (Phi) is 8.61. The van der Waals surface area contributed by atoms with Crippen LogP contribution in [0, 0.1) is 5.82 Å². The Bertz CT molecular complexity index is 2020. The number of aromatic amines is 1. The van der Waals surface area contributed by atoms with Gasteiger partial charge in [-0.05, 0) is 66.1 Å². The number of nitrogens with one attached hydrogen (secondary N) is 1. The van der Waals surface area contributed by atoms with Gasteiger partial charge in [0, 0.05) is 41.1 Å². The van der Waals surface area contributed by atoms with Crippen molar-refractivity contribution in [3.63, 3.8) is 0 Å². The summed E-state index contributed by atoms with van der Waals surface area (Å²) in [6, 6.07) is 23.4. The Morgan fingerprint density at radius 3 is 2.58 bits per heavy atom. The van der Waals surface area contributed by atoms with E-state index in [2.05, 4.69) is 4.98 Å². The Morgan fingerprint density at radius 2 is 1.82 bits per heavy atom. The first-order valence-electron chi connectivity index (χ1n) is 14.9. The number of nitrogens with zero attached hydrogens (tertiary/aromatic N) is 2. The van der Waals surface area contributed by atoms with Gasteiger partial charge in [0.25, 0.3) is 0 Å². The van der Waals surface area contributed by atoms with Crippen LogP contribution in [0.15, 0.2) is 78.9 Å². The van der Waals surface area contributed by atoms with Gasteiger partial charge in [-0.1, -0.05) is 67.1 Å². The van der Waals surface area contributed by atoms with E-state index in [0.717, 1.165) is 27.4 Å². The van der Waals surface area contributed by atoms with E-state index in [1.807, 2.05) is 68.6 Å². The van der Waals surface area contributed by atoms with Gasteiger partial charge in [0.05, 0.1) is 22.8 Å². The van der Waals surface area contributed by atoms with Gasteiger partial charge >= 0.3 is 5.97 Å². The number of aryl methyl sites for hydroxylation is 2. The van der Waals surface area contributed by atoms with E-state index in [1.54, 1.807) is 16.8 Å². The number of benzene rings is 4. The monoisotopic (exact) mass is 625 g/mol. The minimum atomic E-state index is -1.08. The molecule has 0 saturated carbocycles. The van der Waals surface area contributed by atoms with Crippen molar-refractivity contribution >= 4 is 39.2 Å². The molecule has 0 aliphatic carbocycles. The fourth-order valence-electron chi connectivity index (χ4n) is 6.19. The number of rotatable bonds is 11. The lowest BCUT2D eigenvalue weighted by Crippen LogP contribution is -2.05. The molecule has 7 nitrogen and oxygen atoms in total. The molecule has 9 heteroatoms. The maximum absolute atomic E-state index is 13.7. The molecule has 1 atom stereocenters. The lowest BCUT2D eigenvalue weighted by Gasteiger charge is -2.14. The number of halogens is 2. The van der Waals surface area contributed by atoms with Crippen LogP contribution in [0.2, 0.25) is 5.02 Å². The van der Waals surface area contributed by atoms with Crippen molar-refractivity contribution in [3.05, 3.63) is 118 Å². The van der Waals surface area contributed by atoms with Gasteiger partial charge in [-0.25, -0.2) is 9.18 Å². The van der Waals surface area contributed by atoms with Crippen molar-refractivity contribution in [1.29, 1.82) is 0 Å². The number of aromatic carboxylic acids is 1. The Hall–Kier alpha value is -4.66. The topological polar surface area (TPSA) is 100 Å². The van der Waals surface area contributed by atoms with Crippen LogP contribution >= 0.6 is 11.6 Å². The van der Waals surface area contributed by atoms with Crippen molar-refractivity contribution in [2.75, 3.05) is 6.61 Å². The van der Waals surface area contributed by atoms with Crippen molar-refractivity contribution in [1.82, 2.24) is 14.8 Å². The van der Waals surface area contributed by atoms with Crippen LogP contribution in [-0.2, 0) is 26.3 Å². The van der Waals surface area contributed by atoms with Crippen LogP contribution in [0.4, 0.5) is 4.39 Å². The first-order chi connectivity index (χ1) is 21.8. The highest BCUT2D eigenvalue weighted by Gasteiger charge is 2.28. The van der Waals surface area contributed by atoms with E-state index in [4.69, 9.17) is 21.4 Å². The Labute approximate surface area is 264 Å². The number of aromatic nitrogens is 3. The van der Waals surface area contributed by atoms with Crippen LogP contribution < -0.4 is 4.74 Å². The number of carboxylic acids is 1. The summed E-state index contributed by atoms with van der Waals surface area (Å²) in [5, 5.41) is 29.1. The fourth-order valence-corrected chi connectivity index (χ4v) is 6.44. The van der Waals surface area contributed by atoms with E-state index >= 15 is 0 Å². The lowest BCUT2D eigenvalue weighted by atomic mass is 9.94. The molecule has 6 aromatic rings. The highest BCUT2D eigenvalue weighted by molar-refractivity contribution is 6.35. The molecule has 0 aliphatic rings. The average molecular weight is 626 g/mol. The number of hydrogen-bond donors (Lipinski definition) is 3. The summed E-state index contributed by atoms with van der Waals surface area (Å²) < 4.78 is 21.5. The highest BCUT2D eigenvalue weighted by atomic mass is 35.5. The number of aliphatic hydroxyl groups excluding tert-OH is 1. The molecule has 2 aromatic heterocycles. The average Bonchev–Trinajstić information content (AvgIpc) is 3.56. The summed E-state index contributed by atoms with van der Waals surface area (Å²) in [4.78, 5) is 15.6. The van der Waals surface area contributed by atoms with Gasteiger partial charge in [0.2, 0.25) is 0 Å². The van der Waals surface area contributed by atoms with Gasteiger partial charge in [0.1, 0.15) is 23.4 Å². The molecule has 1 unspecified atom stereocenters. The molecule has 0 bridgehead atoms. The second-order valence-corrected chi connectivity index (χ2v) is 11.5. The van der Waals surface area contributed by atoms with Crippen LogP contribution in [-0.4, -0.2) is 37.6 Å². The van der Waals surface area contributed by atoms with E-state index in [9.17, 15) is 19.4 Å². The number of ether oxygens (including phenoxy) is 1. The summed E-state index contributed by atoms with van der Waals surface area (Å²) in [6.07, 6.45) is 1.05. The number of aliphatic hydroxyl groups is 1. The second kappa shape index (κ2) is 12.8. The standard InChI is InChI=1S/C36H33ClFN3O4/c1-3-28-32(35(40-41(28)2)29(42)19-21-9-5-4-6-10-21)31-27(37)17-16-26-25(34(36(43)44)39-33(26)31)12-8-18-45-30-13-7-11-22-20-23(38)14-15-24(22)30/h4-7,9-11,13-17,20,29,39,42H,3,8,12,18-19H2,1-2H3,(H,43,44). The van der Waals surface area contributed by atoms with E-state index in [-0.39, 0.29) is 11.5 Å². The van der Waals surface area contributed by atoms with Crippen LogP contribution in [0.25, 0.3) is 32.8 Å². The molecule has 4 aromatic carbocycles. The zero-order valence-corrected chi connectivity index (χ0v) is 25.7. The molecule has 2 heterocycles. The summed E-state index contributed by atoms with van der Waals surface area (Å²) >= 11 is 6.88. The maximum atomic E-state index is 13.7. The fraction of sp³-hybridized carbons (Fsp3) is 0.222. The predicted molar refractivity (Wildman–Crippen MR) is 175 cm³/mol. The van der Waals surface area contributed by atoms with E-state index in [0.29, 0.717) is 71.0 Å². The normalized spacial score (nSPS) is 12.2. The molecule has 45 heavy (non-hydrogen) atoms. The third-order valence-electron chi connectivity index (χ3n) is 8.24. The van der Waals surface area contributed by atoms with E-state index < -0.39 is 12.1 Å². The van der Waals surface area contributed by atoms with Gasteiger partial charge in [0.15, 0.2) is 0 Å². The molecule has 3 N–H and O–H groups in total. The molecule has 6 rings (SSSR count). The van der Waals surface area contributed by atoms with Gasteiger partial charge < -0.3 is 19.9 Å². The van der Waals surface area contributed by atoms with Crippen LogP contribution in [0.5, 0.6) is 5.75 Å². The molecule has 0 radical (unpaired) electrons. The molecular weight excluding hydrogens is 593 g/mol. The van der Waals surface area contributed by atoms with Crippen molar-refractivity contribution in [2.24, 2.45) is 7.05 Å². The summed E-state index contributed by atoms with van der Waals surface area (Å²) in [5.41, 5.74) is 4.98. The number of H-pyrrole nitrogens is 1. The number of carboxylic acid groups (broad SMARTS) is 1. The van der Waals surface area contributed by atoms with Gasteiger partial charge in [-0.15, -0.1) is 0 Å². The van der Waals surface area contributed by atoms with Gasteiger partial charge in [-0.3, -0.25) is 4.68 Å². The molecule has 230 valence electrons. The maximum Gasteiger partial charge on any atom is 0.352 e. The second-order valence-electron chi connectivity index (χ2n) is 11.1. The summed E-state index contributed by atoms with van der Waals surface area (Å²) in [7, 11) is 1.84. The van der Waals surface area contributed by atoms with E-state index in [1.165, 1.54) is 12.1 Å². The Morgan fingerprint density at radius 1 is 1.04 bits per heavy atom. The number of carbonyl (C=O) groups is 1. The summed E-state index contributed by atoms with van der Waals surface area (Å²) in [6.45, 7) is 2.35. The number of hydrogen-bond acceptors (Lipinski definition) is 4. The first-order valence-corrected chi connectivity index (χ1v) is 15.3. The quantitative estimate of drug-likeness (QED) is 0.126. The Balaban J connectivity index is 1.35. The zero-order valence-electron chi connectivity index (χ0n) is 25.0. The summed E-state index contributed by atoms with van der Waals surface area (Å²) in [5.74, 6) is -0.745. The van der Waals surface area contributed by atoms with Crippen molar-refractivity contribution in [3.8, 4) is 16.9 Å². The molecule has 0 amide bonds. The first kappa shape index (κ1) is 30.4. The minimum Gasteiger partial charge on any atom is -0.493 e. The lowest BCUT2D eigenvalue weighted by molar-refractivity contribution is 0.0690. The third kappa shape index (κ3) is 5.91. The molecular formula is C36H33ClFN3O4. The smallest absolute Gasteiger partial charge is 0.352 e.